The summed E-state index contributed by atoms with van der Waals surface area (Å²) in [5, 5.41) is 18.1. The van der Waals surface area contributed by atoms with E-state index in [1.54, 1.807) is 12.1 Å². The second-order valence-corrected chi connectivity index (χ2v) is 4.00. The standard InChI is InChI=1S/C15H11NO5/c17-11-6-3-10(4-7-11)5-8-13(18)21-12-2-1-9-16-14(12)15(19)20/h1-9,17H,(H,19,20). The Balaban J connectivity index is 2.08. The Bertz CT molecular complexity index is 691. The summed E-state index contributed by atoms with van der Waals surface area (Å²) in [5.41, 5.74) is 0.360. The number of hydrogen-bond acceptors (Lipinski definition) is 5. The van der Waals surface area contributed by atoms with Crippen LogP contribution in [0.15, 0.2) is 48.7 Å². The topological polar surface area (TPSA) is 96.7 Å². The molecule has 21 heavy (non-hydrogen) atoms. The first-order valence-electron chi connectivity index (χ1n) is 5.93. The number of aromatic hydroxyl groups is 1. The maximum atomic E-state index is 11.6. The predicted octanol–water partition coefficient (Wildman–Crippen LogP) is 2.10. The van der Waals surface area contributed by atoms with Crippen molar-refractivity contribution in [2.45, 2.75) is 0 Å². The van der Waals surface area contributed by atoms with Crippen LogP contribution in [0.1, 0.15) is 16.1 Å². The number of carbonyl (C=O) groups excluding carboxylic acids is 1. The van der Waals surface area contributed by atoms with Crippen molar-refractivity contribution in [2.24, 2.45) is 0 Å². The van der Waals surface area contributed by atoms with Crippen molar-refractivity contribution in [3.63, 3.8) is 0 Å². The fraction of sp³-hybridized carbons (Fsp3) is 0. The Kier molecular flexibility index (Phi) is 4.30. The van der Waals surface area contributed by atoms with Crippen LogP contribution in [-0.2, 0) is 4.79 Å². The number of carbonyl (C=O) groups is 2. The van der Waals surface area contributed by atoms with Crippen LogP contribution in [0.25, 0.3) is 6.08 Å². The first-order chi connectivity index (χ1) is 10.1. The van der Waals surface area contributed by atoms with Gasteiger partial charge in [-0.25, -0.2) is 14.6 Å². The average Bonchev–Trinajstić information content (AvgIpc) is 2.47. The van der Waals surface area contributed by atoms with E-state index in [1.165, 1.54) is 36.5 Å². The highest BCUT2D eigenvalue weighted by molar-refractivity contribution is 5.92. The van der Waals surface area contributed by atoms with Crippen molar-refractivity contribution < 1.29 is 24.5 Å². The predicted molar refractivity (Wildman–Crippen MR) is 74.0 cm³/mol. The summed E-state index contributed by atoms with van der Waals surface area (Å²) in [6, 6.07) is 9.02. The molecule has 0 amide bonds. The number of carboxylic acids is 1. The lowest BCUT2D eigenvalue weighted by molar-refractivity contribution is -0.128. The lowest BCUT2D eigenvalue weighted by Crippen LogP contribution is -2.09. The largest absolute Gasteiger partial charge is 0.508 e. The summed E-state index contributed by atoms with van der Waals surface area (Å²) in [5.74, 6) is -2.00. The minimum atomic E-state index is -1.28. The third-order valence-electron chi connectivity index (χ3n) is 2.49. The summed E-state index contributed by atoms with van der Waals surface area (Å²) in [7, 11) is 0. The molecule has 6 nitrogen and oxygen atoms in total. The van der Waals surface area contributed by atoms with Crippen LogP contribution < -0.4 is 4.74 Å². The number of benzene rings is 1. The molecule has 0 radical (unpaired) electrons. The number of phenolic OH excluding ortho intramolecular Hbond substituents is 1. The SMILES string of the molecule is O=C(C=Cc1ccc(O)cc1)Oc1cccnc1C(=O)O. The van der Waals surface area contributed by atoms with E-state index in [0.29, 0.717) is 5.56 Å². The van der Waals surface area contributed by atoms with Crippen LogP contribution in [0, 0.1) is 0 Å². The molecule has 0 aliphatic carbocycles. The molecule has 2 rings (SSSR count). The molecule has 0 aliphatic heterocycles. The Labute approximate surface area is 120 Å². The van der Waals surface area contributed by atoms with E-state index in [4.69, 9.17) is 14.9 Å². The van der Waals surface area contributed by atoms with Gasteiger partial charge in [-0.05, 0) is 35.9 Å². The molecule has 0 atom stereocenters. The molecule has 2 aromatic rings. The molecule has 0 aliphatic rings. The minimum Gasteiger partial charge on any atom is -0.508 e. The maximum Gasteiger partial charge on any atom is 0.358 e. The molecule has 0 saturated carbocycles. The fourth-order valence-electron chi connectivity index (χ4n) is 1.53. The fourth-order valence-corrected chi connectivity index (χ4v) is 1.53. The van der Waals surface area contributed by atoms with E-state index in [2.05, 4.69) is 4.98 Å². The van der Waals surface area contributed by atoms with Gasteiger partial charge in [-0.2, -0.15) is 0 Å². The van der Waals surface area contributed by atoms with E-state index in [-0.39, 0.29) is 17.2 Å². The average molecular weight is 285 g/mol. The van der Waals surface area contributed by atoms with Gasteiger partial charge < -0.3 is 14.9 Å². The molecule has 0 unspecified atom stereocenters. The summed E-state index contributed by atoms with van der Waals surface area (Å²) in [6.45, 7) is 0. The van der Waals surface area contributed by atoms with Gasteiger partial charge in [-0.3, -0.25) is 0 Å². The number of aromatic nitrogens is 1. The van der Waals surface area contributed by atoms with Crippen LogP contribution in [0.2, 0.25) is 0 Å². The van der Waals surface area contributed by atoms with Gasteiger partial charge in [-0.1, -0.05) is 12.1 Å². The molecule has 0 spiro atoms. The molecule has 2 N–H and O–H groups in total. The minimum absolute atomic E-state index is 0.120. The van der Waals surface area contributed by atoms with Gasteiger partial charge in [0.1, 0.15) is 5.75 Å². The van der Waals surface area contributed by atoms with Crippen LogP contribution in [-0.4, -0.2) is 27.1 Å². The number of esters is 1. The van der Waals surface area contributed by atoms with Crippen LogP contribution in [0.3, 0.4) is 0 Å². The van der Waals surface area contributed by atoms with Gasteiger partial charge >= 0.3 is 11.9 Å². The second kappa shape index (κ2) is 6.33. The molecule has 106 valence electrons. The lowest BCUT2D eigenvalue weighted by atomic mass is 10.2. The van der Waals surface area contributed by atoms with E-state index in [1.807, 2.05) is 0 Å². The normalized spacial score (nSPS) is 10.5. The van der Waals surface area contributed by atoms with Gasteiger partial charge in [0.2, 0.25) is 0 Å². The first-order valence-corrected chi connectivity index (χ1v) is 5.93. The third-order valence-corrected chi connectivity index (χ3v) is 2.49. The number of carboxylic acid groups (broad SMARTS) is 1. The van der Waals surface area contributed by atoms with Crippen LogP contribution in [0.4, 0.5) is 0 Å². The maximum absolute atomic E-state index is 11.6. The van der Waals surface area contributed by atoms with Crippen molar-refractivity contribution in [1.29, 1.82) is 0 Å². The van der Waals surface area contributed by atoms with Gasteiger partial charge in [0.25, 0.3) is 0 Å². The van der Waals surface area contributed by atoms with E-state index < -0.39 is 11.9 Å². The Morgan fingerprint density at radius 2 is 1.86 bits per heavy atom. The molecule has 1 heterocycles. The van der Waals surface area contributed by atoms with Crippen LogP contribution >= 0.6 is 0 Å². The number of hydrogen-bond donors (Lipinski definition) is 2. The summed E-state index contributed by atoms with van der Waals surface area (Å²) >= 11 is 0. The van der Waals surface area contributed by atoms with E-state index >= 15 is 0 Å². The molecule has 6 heteroatoms. The number of aromatic carboxylic acids is 1. The second-order valence-electron chi connectivity index (χ2n) is 4.00. The van der Waals surface area contributed by atoms with Crippen LogP contribution in [0.5, 0.6) is 11.5 Å². The summed E-state index contributed by atoms with van der Waals surface area (Å²) in [4.78, 5) is 26.2. The Morgan fingerprint density at radius 1 is 1.14 bits per heavy atom. The van der Waals surface area contributed by atoms with E-state index in [0.717, 1.165) is 6.08 Å². The summed E-state index contributed by atoms with van der Waals surface area (Å²) < 4.78 is 4.93. The molecule has 1 aromatic carbocycles. The van der Waals surface area contributed by atoms with Crippen molar-refractivity contribution in [3.8, 4) is 11.5 Å². The number of rotatable bonds is 4. The van der Waals surface area contributed by atoms with Gasteiger partial charge in [0, 0.05) is 12.3 Å². The quantitative estimate of drug-likeness (QED) is 0.659. The highest BCUT2D eigenvalue weighted by atomic mass is 16.5. The molecule has 1 aromatic heterocycles. The third kappa shape index (κ3) is 3.90. The Hall–Kier alpha value is -3.15. The van der Waals surface area contributed by atoms with Gasteiger partial charge in [-0.15, -0.1) is 0 Å². The smallest absolute Gasteiger partial charge is 0.358 e. The zero-order valence-corrected chi connectivity index (χ0v) is 10.8. The molecule has 0 saturated heterocycles. The van der Waals surface area contributed by atoms with Crippen molar-refractivity contribution in [3.05, 3.63) is 59.9 Å². The zero-order chi connectivity index (χ0) is 15.2. The molecular weight excluding hydrogens is 274 g/mol. The lowest BCUT2D eigenvalue weighted by Gasteiger charge is -2.03. The highest BCUT2D eigenvalue weighted by Gasteiger charge is 2.14. The van der Waals surface area contributed by atoms with Gasteiger partial charge in [0.05, 0.1) is 0 Å². The highest BCUT2D eigenvalue weighted by Crippen LogP contribution is 2.16. The number of pyridine rings is 1. The van der Waals surface area contributed by atoms with Crippen molar-refractivity contribution in [1.82, 2.24) is 4.98 Å². The van der Waals surface area contributed by atoms with Crippen molar-refractivity contribution in [2.75, 3.05) is 0 Å². The molecular formula is C15H11NO5. The monoisotopic (exact) mass is 285 g/mol. The van der Waals surface area contributed by atoms with Gasteiger partial charge in [0.15, 0.2) is 11.4 Å². The number of ether oxygens (including phenoxy) is 1. The number of phenols is 1. The summed E-state index contributed by atoms with van der Waals surface area (Å²) in [6.07, 6.45) is 3.94. The first kappa shape index (κ1) is 14.3. The molecule has 0 fully saturated rings. The molecule has 0 bridgehead atoms. The zero-order valence-electron chi connectivity index (χ0n) is 10.8. The van der Waals surface area contributed by atoms with Crippen molar-refractivity contribution >= 4 is 18.0 Å². The van der Waals surface area contributed by atoms with E-state index in [9.17, 15) is 9.59 Å². The Morgan fingerprint density at radius 3 is 2.52 bits per heavy atom. The number of nitrogens with zero attached hydrogens (tertiary/aromatic N) is 1.